The fourth-order valence-corrected chi connectivity index (χ4v) is 2.66. The fourth-order valence-electron chi connectivity index (χ4n) is 2.66. The van der Waals surface area contributed by atoms with Crippen molar-refractivity contribution < 1.29 is 0 Å². The number of rotatable bonds is 0. The van der Waals surface area contributed by atoms with Crippen molar-refractivity contribution in [3.05, 3.63) is 0 Å². The predicted octanol–water partition coefficient (Wildman–Crippen LogP) is -0.692. The van der Waals surface area contributed by atoms with Crippen LogP contribution in [0.1, 0.15) is 0 Å². The van der Waals surface area contributed by atoms with Gasteiger partial charge < -0.3 is 0 Å². The van der Waals surface area contributed by atoms with Crippen LogP contribution in [-0.2, 0) is 0 Å². The van der Waals surface area contributed by atoms with Crippen molar-refractivity contribution in [3.8, 4) is 0 Å². The van der Waals surface area contributed by atoms with Gasteiger partial charge in [0.2, 0.25) is 0 Å². The lowest BCUT2D eigenvalue weighted by Crippen LogP contribution is -2.00. The molecule has 4 fully saturated rings. The summed E-state index contributed by atoms with van der Waals surface area (Å²) in [5.41, 5.74) is 1.17. The van der Waals surface area contributed by atoms with Crippen LogP contribution in [0, 0.1) is 29.1 Å². The number of fused-ring (bicyclic) bond motifs is 4. The first-order valence-electron chi connectivity index (χ1n) is 2.49. The first kappa shape index (κ1) is 2.75. The van der Waals surface area contributed by atoms with Crippen LogP contribution in [0.25, 0.3) is 0 Å². The summed E-state index contributed by atoms with van der Waals surface area (Å²) in [5, 5.41) is 0. The van der Waals surface area contributed by atoms with Gasteiger partial charge in [-0.15, -0.1) is 0 Å². The maximum Gasteiger partial charge on any atom is 0.187 e. The minimum absolute atomic E-state index is 0. The zero-order chi connectivity index (χ0) is 2.81. The second-order valence-electron chi connectivity index (χ2n) is 3.10. The standard InChI is InChI=1S/C5H4.Al.3H/c1-2-4-3(1)5(1,2)4;;;;/h1-4H;;;;. The Bertz CT molecular complexity index is 107. The molecule has 0 aromatic carbocycles. The van der Waals surface area contributed by atoms with Gasteiger partial charge in [-0.2, -0.15) is 0 Å². The topological polar surface area (TPSA) is 0 Å². The summed E-state index contributed by atoms with van der Waals surface area (Å²) >= 11 is 0. The minimum atomic E-state index is 0. The van der Waals surface area contributed by atoms with E-state index in [4.69, 9.17) is 0 Å². The zero-order valence-corrected chi connectivity index (χ0v) is 2.81. The maximum atomic E-state index is 1.35. The van der Waals surface area contributed by atoms with Gasteiger partial charge in [-0.05, 0) is 29.1 Å². The highest BCUT2D eigenvalue weighted by Crippen LogP contribution is 3.24. The maximum absolute atomic E-state index is 1.35. The van der Waals surface area contributed by atoms with E-state index in [1.54, 1.807) is 0 Å². The van der Waals surface area contributed by atoms with E-state index >= 15 is 0 Å². The summed E-state index contributed by atoms with van der Waals surface area (Å²) in [4.78, 5) is 0. The molecular formula is C5H7Al. The molecule has 0 nitrogen and oxygen atoms in total. The van der Waals surface area contributed by atoms with Gasteiger partial charge in [0.15, 0.2) is 17.4 Å². The lowest BCUT2D eigenvalue weighted by molar-refractivity contribution is 0.434. The summed E-state index contributed by atoms with van der Waals surface area (Å²) in [6.07, 6.45) is 0. The third-order valence-corrected chi connectivity index (χ3v) is 3.42. The fraction of sp³-hybridized carbons (Fsp3) is 1.00. The van der Waals surface area contributed by atoms with E-state index in [9.17, 15) is 0 Å². The molecule has 0 unspecified atom stereocenters. The normalized spacial score (nSPS) is 104. The van der Waals surface area contributed by atoms with Crippen LogP contribution >= 0.6 is 0 Å². The van der Waals surface area contributed by atoms with E-state index < -0.39 is 0 Å². The predicted molar refractivity (Wildman–Crippen MR) is 26.3 cm³/mol. The average molecular weight is 94.1 g/mol. The van der Waals surface area contributed by atoms with Gasteiger partial charge in [0.05, 0.1) is 0 Å². The molecule has 1 spiro atoms. The second kappa shape index (κ2) is 0.331. The molecule has 0 radical (unpaired) electrons. The van der Waals surface area contributed by atoms with E-state index in [0.29, 0.717) is 0 Å². The molecule has 0 atom stereocenters. The van der Waals surface area contributed by atoms with Gasteiger partial charge in [-0.1, -0.05) is 0 Å². The molecule has 30 valence electrons. The van der Waals surface area contributed by atoms with Crippen molar-refractivity contribution in [2.75, 3.05) is 0 Å². The van der Waals surface area contributed by atoms with Gasteiger partial charge in [0.25, 0.3) is 0 Å². The Morgan fingerprint density at radius 3 is 1.00 bits per heavy atom. The van der Waals surface area contributed by atoms with Crippen molar-refractivity contribution in [2.24, 2.45) is 29.1 Å². The molecule has 0 aromatic rings. The van der Waals surface area contributed by atoms with Crippen LogP contribution in [0.5, 0.6) is 0 Å². The lowest BCUT2D eigenvalue weighted by atomic mass is 10.0. The smallest absolute Gasteiger partial charge is 0.0275 e. The second-order valence-corrected chi connectivity index (χ2v) is 3.10. The van der Waals surface area contributed by atoms with Gasteiger partial charge >= 0.3 is 0 Å². The average Bonchev–Trinajstić information content (AvgIpc) is 1.26. The van der Waals surface area contributed by atoms with Crippen LogP contribution in [-0.4, -0.2) is 17.4 Å². The number of hydrogen-bond donors (Lipinski definition) is 0. The highest BCUT2D eigenvalue weighted by Gasteiger charge is 3.21. The summed E-state index contributed by atoms with van der Waals surface area (Å²) in [5.74, 6) is 5.42. The van der Waals surface area contributed by atoms with Crippen molar-refractivity contribution >= 4 is 17.4 Å². The molecule has 0 aliphatic heterocycles. The first-order chi connectivity index (χ1) is 2.49. The Labute approximate surface area is 47.0 Å². The largest absolute Gasteiger partial charge is 0.187 e. The summed E-state index contributed by atoms with van der Waals surface area (Å²) < 4.78 is 0. The Balaban J connectivity index is 0.000000160. The van der Waals surface area contributed by atoms with E-state index in [0.717, 1.165) is 0 Å². The molecule has 4 aliphatic carbocycles. The molecule has 0 aromatic heterocycles. The van der Waals surface area contributed by atoms with Crippen LogP contribution < -0.4 is 0 Å². The minimum Gasteiger partial charge on any atom is -0.0275 e. The molecule has 0 bridgehead atoms. The first-order valence-corrected chi connectivity index (χ1v) is 2.49. The van der Waals surface area contributed by atoms with Gasteiger partial charge in [0, 0.05) is 0 Å². The summed E-state index contributed by atoms with van der Waals surface area (Å²) in [6, 6.07) is 0. The Morgan fingerprint density at radius 2 is 1.00 bits per heavy atom. The number of hydrogen-bond acceptors (Lipinski definition) is 0. The lowest BCUT2D eigenvalue weighted by Gasteiger charge is -2.03. The molecule has 4 saturated carbocycles. The molecule has 0 heterocycles. The third kappa shape index (κ3) is 0.0534. The van der Waals surface area contributed by atoms with Crippen LogP contribution in [0.3, 0.4) is 0 Å². The molecule has 0 N–H and O–H groups in total. The molecule has 4 rings (SSSR count). The zero-order valence-electron chi connectivity index (χ0n) is 2.81. The quantitative estimate of drug-likeness (QED) is 0.348. The highest BCUT2D eigenvalue weighted by atomic mass is 27.0. The van der Waals surface area contributed by atoms with E-state index in [-0.39, 0.29) is 17.4 Å². The Kier molecular flexibility index (Phi) is 0.151. The van der Waals surface area contributed by atoms with E-state index in [1.165, 1.54) is 29.1 Å². The van der Waals surface area contributed by atoms with Crippen LogP contribution in [0.15, 0.2) is 0 Å². The summed E-state index contributed by atoms with van der Waals surface area (Å²) in [6.45, 7) is 0. The molecule has 0 amide bonds. The van der Waals surface area contributed by atoms with Gasteiger partial charge in [-0.25, -0.2) is 0 Å². The SMILES string of the molecule is C12C3C4C1C234.[AlH3]. The molecule has 0 saturated heterocycles. The summed E-state index contributed by atoms with van der Waals surface area (Å²) in [7, 11) is 0. The van der Waals surface area contributed by atoms with Gasteiger partial charge in [-0.3, -0.25) is 0 Å². The molecule has 1 heteroatoms. The van der Waals surface area contributed by atoms with Crippen molar-refractivity contribution in [3.63, 3.8) is 0 Å². The van der Waals surface area contributed by atoms with Crippen LogP contribution in [0.4, 0.5) is 0 Å². The Morgan fingerprint density at radius 1 is 0.833 bits per heavy atom. The third-order valence-electron chi connectivity index (χ3n) is 3.42. The molecule has 6 heavy (non-hydrogen) atoms. The van der Waals surface area contributed by atoms with E-state index in [1.807, 2.05) is 0 Å². The van der Waals surface area contributed by atoms with Crippen LogP contribution in [0.2, 0.25) is 0 Å². The highest BCUT2D eigenvalue weighted by molar-refractivity contribution is 5.75. The van der Waals surface area contributed by atoms with Gasteiger partial charge in [0.1, 0.15) is 0 Å². The molecular weight excluding hydrogens is 87.0 g/mol. The monoisotopic (exact) mass is 94.0 g/mol. The van der Waals surface area contributed by atoms with Crippen molar-refractivity contribution in [1.82, 2.24) is 0 Å². The molecule has 4 aliphatic rings. The Hall–Kier alpha value is 0.532. The van der Waals surface area contributed by atoms with Crippen molar-refractivity contribution in [1.29, 1.82) is 0 Å². The van der Waals surface area contributed by atoms with Crippen molar-refractivity contribution in [2.45, 2.75) is 0 Å². The van der Waals surface area contributed by atoms with E-state index in [2.05, 4.69) is 0 Å².